The summed E-state index contributed by atoms with van der Waals surface area (Å²) in [6, 6.07) is 0. The number of hydrogen-bond acceptors (Lipinski definition) is 2. The van der Waals surface area contributed by atoms with E-state index in [2.05, 4.69) is 0 Å². The van der Waals surface area contributed by atoms with E-state index in [1.54, 1.807) is 0 Å². The molecule has 0 aromatic rings. The fourth-order valence-corrected chi connectivity index (χ4v) is 0. The third-order valence-corrected chi connectivity index (χ3v) is 1.79. The molecule has 0 spiro atoms. The molecule has 0 aliphatic carbocycles. The summed E-state index contributed by atoms with van der Waals surface area (Å²) < 4.78 is 27.8. The van der Waals surface area contributed by atoms with E-state index in [4.69, 9.17) is 4.55 Å². The van der Waals surface area contributed by atoms with Crippen molar-refractivity contribution < 1.29 is 23.9 Å². The van der Waals surface area contributed by atoms with E-state index in [9.17, 15) is 8.42 Å². The average Bonchev–Trinajstić information content (AvgIpc) is 1.31. The Kier molecular flexibility index (Phi) is 18.4. The molecule has 0 aliphatic heterocycles. The van der Waals surface area contributed by atoms with Crippen LogP contribution in [0, 0.1) is 0 Å². The quantitative estimate of drug-likeness (QED) is 0.381. The molecule has 0 rings (SSSR count). The van der Waals surface area contributed by atoms with Crippen LogP contribution in [0.4, 0.5) is 0 Å². The Morgan fingerprint density at radius 3 is 1.30 bits per heavy atom. The van der Waals surface area contributed by atoms with Gasteiger partial charge in [0.15, 0.2) is 0 Å². The summed E-state index contributed by atoms with van der Waals surface area (Å²) in [5, 5.41) is -0.674. The summed E-state index contributed by atoms with van der Waals surface area (Å²) in [5.74, 6) is 0. The molecule has 0 bridgehead atoms. The van der Waals surface area contributed by atoms with Crippen molar-refractivity contribution in [3.8, 4) is 0 Å². The first-order valence-electron chi connectivity index (χ1n) is 1.91. The van der Waals surface area contributed by atoms with E-state index in [1.807, 2.05) is 0 Å². The second kappa shape index (κ2) is 8.19. The van der Waals surface area contributed by atoms with Gasteiger partial charge >= 0.3 is 37.7 Å². The second-order valence-corrected chi connectivity index (χ2v) is 3.54. The second-order valence-electron chi connectivity index (χ2n) is 1.56. The van der Waals surface area contributed by atoms with Crippen molar-refractivity contribution in [2.24, 2.45) is 0 Å². The third-order valence-electron chi connectivity index (χ3n) is 0.596. The molecule has 5 nitrogen and oxygen atoms in total. The first-order valence-corrected chi connectivity index (χ1v) is 3.41. The van der Waals surface area contributed by atoms with Crippen LogP contribution in [0.15, 0.2) is 0 Å². The Labute approximate surface area is 90.2 Å². The molecule has 7 heteroatoms. The molecule has 0 aromatic carbocycles. The topological polar surface area (TPSA) is 117 Å². The molecule has 0 saturated heterocycles. The van der Waals surface area contributed by atoms with Crippen LogP contribution in [0.2, 0.25) is 0 Å². The Morgan fingerprint density at radius 2 is 1.30 bits per heavy atom. The molecule has 0 heterocycles. The van der Waals surface area contributed by atoms with Gasteiger partial charge in [-0.15, -0.1) is 0 Å². The molecule has 0 aliphatic rings. The summed E-state index contributed by atoms with van der Waals surface area (Å²) in [7, 11) is -3.74. The molecule has 0 aromatic heterocycles. The summed E-state index contributed by atoms with van der Waals surface area (Å²) >= 11 is 0. The SMILES string of the molecule is CC(C)S(=O)(=O)O.O.O.[CaH2]. The molecule has 0 fully saturated rings. The molecular weight excluding hydrogens is 188 g/mol. The number of hydrogen-bond donors (Lipinski definition) is 1. The minimum absolute atomic E-state index is 0. The maximum atomic E-state index is 9.89. The summed E-state index contributed by atoms with van der Waals surface area (Å²) in [4.78, 5) is 0. The van der Waals surface area contributed by atoms with Gasteiger partial charge in [0.25, 0.3) is 10.1 Å². The van der Waals surface area contributed by atoms with Crippen LogP contribution in [0.5, 0.6) is 0 Å². The molecule has 0 amide bonds. The zero-order valence-corrected chi connectivity index (χ0v) is 6.07. The van der Waals surface area contributed by atoms with E-state index >= 15 is 0 Å². The molecule has 0 unspecified atom stereocenters. The van der Waals surface area contributed by atoms with Crippen molar-refractivity contribution in [2.45, 2.75) is 19.1 Å². The maximum absolute atomic E-state index is 9.89. The standard InChI is InChI=1S/C3H8O3S.Ca.2H2O.2H/c1-3(2)7(4,5)6;;;;;/h3H,1-2H3,(H,4,5,6);;2*1H2;;. The zero-order chi connectivity index (χ0) is 6.08. The number of rotatable bonds is 1. The van der Waals surface area contributed by atoms with Gasteiger partial charge in [0, 0.05) is 0 Å². The Morgan fingerprint density at radius 1 is 1.20 bits per heavy atom. The molecule has 10 heavy (non-hydrogen) atoms. The van der Waals surface area contributed by atoms with Gasteiger partial charge in [-0.2, -0.15) is 8.42 Å². The fraction of sp³-hybridized carbons (Fsp3) is 1.00. The summed E-state index contributed by atoms with van der Waals surface area (Å²) in [5.41, 5.74) is 0. The molecule has 0 radical (unpaired) electrons. The van der Waals surface area contributed by atoms with Crippen molar-refractivity contribution in [2.75, 3.05) is 0 Å². The van der Waals surface area contributed by atoms with Crippen LogP contribution in [0.3, 0.4) is 0 Å². The average molecular weight is 202 g/mol. The van der Waals surface area contributed by atoms with E-state index in [0.29, 0.717) is 0 Å². The van der Waals surface area contributed by atoms with Gasteiger partial charge in [0.1, 0.15) is 0 Å². The third kappa shape index (κ3) is 11.8. The van der Waals surface area contributed by atoms with Crippen molar-refractivity contribution in [1.82, 2.24) is 0 Å². The normalized spacial score (nSPS) is 8.80. The van der Waals surface area contributed by atoms with E-state index in [0.717, 1.165) is 0 Å². The zero-order valence-electron chi connectivity index (χ0n) is 5.25. The molecule has 0 atom stereocenters. The summed E-state index contributed by atoms with van der Waals surface area (Å²) in [6.45, 7) is 2.82. The van der Waals surface area contributed by atoms with Crippen LogP contribution >= 0.6 is 0 Å². The first-order chi connectivity index (χ1) is 2.94. The monoisotopic (exact) mass is 202 g/mol. The van der Waals surface area contributed by atoms with Crippen LogP contribution in [0.1, 0.15) is 13.8 Å². The van der Waals surface area contributed by atoms with Crippen LogP contribution in [-0.2, 0) is 10.1 Å². The van der Waals surface area contributed by atoms with Crippen LogP contribution < -0.4 is 0 Å². The van der Waals surface area contributed by atoms with Crippen LogP contribution in [0.25, 0.3) is 0 Å². The van der Waals surface area contributed by atoms with Gasteiger partial charge in [-0.1, -0.05) is 0 Å². The Bertz CT molecular complexity index is 139. The van der Waals surface area contributed by atoms with Crippen molar-refractivity contribution in [1.29, 1.82) is 0 Å². The van der Waals surface area contributed by atoms with E-state index in [1.165, 1.54) is 13.8 Å². The Hall–Kier alpha value is 1.09. The van der Waals surface area contributed by atoms with Gasteiger partial charge < -0.3 is 11.0 Å². The van der Waals surface area contributed by atoms with Gasteiger partial charge in [-0.3, -0.25) is 4.55 Å². The van der Waals surface area contributed by atoms with Gasteiger partial charge in [0.2, 0.25) is 0 Å². The predicted molar refractivity (Wildman–Crippen MR) is 42.5 cm³/mol. The molecule has 0 saturated carbocycles. The minimum atomic E-state index is -3.74. The van der Waals surface area contributed by atoms with E-state index in [-0.39, 0.29) is 48.7 Å². The van der Waals surface area contributed by atoms with Gasteiger partial charge in [-0.05, 0) is 13.8 Å². The molecule has 64 valence electrons. The van der Waals surface area contributed by atoms with Gasteiger partial charge in [-0.25, -0.2) is 0 Å². The van der Waals surface area contributed by atoms with Crippen molar-refractivity contribution in [3.63, 3.8) is 0 Å². The van der Waals surface area contributed by atoms with Crippen molar-refractivity contribution in [3.05, 3.63) is 0 Å². The summed E-state index contributed by atoms with van der Waals surface area (Å²) in [6.07, 6.45) is 0. The fourth-order valence-electron chi connectivity index (χ4n) is 0. The Balaban J connectivity index is -0.0000000600. The predicted octanol–water partition coefficient (Wildman–Crippen LogP) is -2.28. The van der Waals surface area contributed by atoms with Gasteiger partial charge in [0.05, 0.1) is 5.25 Å². The van der Waals surface area contributed by atoms with Crippen LogP contribution in [-0.4, -0.2) is 66.9 Å². The van der Waals surface area contributed by atoms with Crippen molar-refractivity contribution >= 4 is 47.9 Å². The molecular formula is C3H14CaO5S. The first kappa shape index (κ1) is 22.5. The molecule has 5 N–H and O–H groups in total. The van der Waals surface area contributed by atoms with E-state index < -0.39 is 15.4 Å².